The van der Waals surface area contributed by atoms with E-state index in [2.05, 4.69) is 4.98 Å². The number of pyridine rings is 1. The first kappa shape index (κ1) is 13.2. The third-order valence-corrected chi connectivity index (χ3v) is 3.07. The molecule has 4 N–H and O–H groups in total. The van der Waals surface area contributed by atoms with Crippen LogP contribution < -0.4 is 11.5 Å². The predicted molar refractivity (Wildman–Crippen MR) is 74.5 cm³/mol. The predicted octanol–water partition coefficient (Wildman–Crippen LogP) is 1.20. The summed E-state index contributed by atoms with van der Waals surface area (Å²) in [6.07, 6.45) is 4.15. The molecule has 1 aromatic carbocycles. The Morgan fingerprint density at radius 1 is 1.05 bits per heavy atom. The minimum atomic E-state index is -0.435. The molecule has 1 atom stereocenters. The molecule has 0 bridgehead atoms. The lowest BCUT2D eigenvalue weighted by Gasteiger charge is -2.14. The SMILES string of the molecule is NCCc1ccc(C(C(N)=O)c2ccncc2)cc1. The van der Waals surface area contributed by atoms with Gasteiger partial charge >= 0.3 is 0 Å². The number of amides is 1. The second kappa shape index (κ2) is 6.11. The van der Waals surface area contributed by atoms with Crippen molar-refractivity contribution in [1.29, 1.82) is 0 Å². The van der Waals surface area contributed by atoms with Crippen LogP contribution in [-0.2, 0) is 11.2 Å². The molecule has 0 radical (unpaired) electrons. The van der Waals surface area contributed by atoms with Crippen LogP contribution >= 0.6 is 0 Å². The first-order valence-electron chi connectivity index (χ1n) is 6.20. The van der Waals surface area contributed by atoms with E-state index in [9.17, 15) is 4.79 Å². The molecule has 0 spiro atoms. The average molecular weight is 255 g/mol. The Morgan fingerprint density at radius 2 is 1.63 bits per heavy atom. The van der Waals surface area contributed by atoms with E-state index in [4.69, 9.17) is 11.5 Å². The Balaban J connectivity index is 2.32. The number of nitrogens with zero attached hydrogens (tertiary/aromatic N) is 1. The number of primary amides is 1. The Kier molecular flexibility index (Phi) is 4.26. The van der Waals surface area contributed by atoms with Gasteiger partial charge in [-0.2, -0.15) is 0 Å². The highest BCUT2D eigenvalue weighted by Crippen LogP contribution is 2.24. The summed E-state index contributed by atoms with van der Waals surface area (Å²) in [6, 6.07) is 11.5. The summed E-state index contributed by atoms with van der Waals surface area (Å²) < 4.78 is 0. The maximum absolute atomic E-state index is 11.7. The molecule has 1 unspecified atom stereocenters. The van der Waals surface area contributed by atoms with E-state index in [0.29, 0.717) is 6.54 Å². The van der Waals surface area contributed by atoms with Crippen LogP contribution in [0.5, 0.6) is 0 Å². The number of carbonyl (C=O) groups is 1. The van der Waals surface area contributed by atoms with Crippen LogP contribution in [0.25, 0.3) is 0 Å². The maximum atomic E-state index is 11.7. The van der Waals surface area contributed by atoms with Crippen molar-refractivity contribution in [2.45, 2.75) is 12.3 Å². The number of benzene rings is 1. The molecule has 1 heterocycles. The quantitative estimate of drug-likeness (QED) is 0.842. The average Bonchev–Trinajstić information content (AvgIpc) is 2.42. The van der Waals surface area contributed by atoms with E-state index in [-0.39, 0.29) is 5.91 Å². The molecule has 1 aromatic heterocycles. The molecule has 2 rings (SSSR count). The number of hydrogen-bond acceptors (Lipinski definition) is 3. The third kappa shape index (κ3) is 3.17. The van der Waals surface area contributed by atoms with Crippen LogP contribution in [0.2, 0.25) is 0 Å². The fraction of sp³-hybridized carbons (Fsp3) is 0.200. The molecule has 4 heteroatoms. The van der Waals surface area contributed by atoms with Gasteiger partial charge < -0.3 is 11.5 Å². The van der Waals surface area contributed by atoms with E-state index in [1.54, 1.807) is 12.4 Å². The van der Waals surface area contributed by atoms with Gasteiger partial charge in [0.1, 0.15) is 0 Å². The van der Waals surface area contributed by atoms with Gasteiger partial charge in [-0.3, -0.25) is 9.78 Å². The fourth-order valence-corrected chi connectivity index (χ4v) is 2.12. The largest absolute Gasteiger partial charge is 0.369 e. The number of nitrogens with two attached hydrogens (primary N) is 2. The van der Waals surface area contributed by atoms with Crippen molar-refractivity contribution in [1.82, 2.24) is 4.98 Å². The summed E-state index contributed by atoms with van der Waals surface area (Å²) in [7, 11) is 0. The minimum absolute atomic E-state index is 0.363. The van der Waals surface area contributed by atoms with Crippen molar-refractivity contribution in [3.8, 4) is 0 Å². The summed E-state index contributed by atoms with van der Waals surface area (Å²) >= 11 is 0. The standard InChI is InChI=1S/C15H17N3O/c16-8-5-11-1-3-12(4-2-11)14(15(17)19)13-6-9-18-10-7-13/h1-4,6-7,9-10,14H,5,8,16H2,(H2,17,19). The van der Waals surface area contributed by atoms with Gasteiger partial charge in [-0.05, 0) is 41.8 Å². The van der Waals surface area contributed by atoms with Gasteiger partial charge in [-0.25, -0.2) is 0 Å². The van der Waals surface area contributed by atoms with Gasteiger partial charge in [0.05, 0.1) is 5.92 Å². The van der Waals surface area contributed by atoms with Crippen LogP contribution in [0.15, 0.2) is 48.8 Å². The van der Waals surface area contributed by atoms with Crippen molar-refractivity contribution in [3.05, 3.63) is 65.5 Å². The first-order valence-corrected chi connectivity index (χ1v) is 6.20. The molecule has 0 saturated heterocycles. The Morgan fingerprint density at radius 3 is 2.16 bits per heavy atom. The summed E-state index contributed by atoms with van der Waals surface area (Å²) in [5.74, 6) is -0.798. The first-order chi connectivity index (χ1) is 9.22. The summed E-state index contributed by atoms with van der Waals surface area (Å²) in [6.45, 7) is 0.614. The Labute approximate surface area is 112 Å². The molecule has 98 valence electrons. The highest BCUT2D eigenvalue weighted by molar-refractivity contribution is 5.85. The van der Waals surface area contributed by atoms with E-state index in [0.717, 1.165) is 23.1 Å². The van der Waals surface area contributed by atoms with Gasteiger partial charge in [-0.15, -0.1) is 0 Å². The number of rotatable bonds is 5. The van der Waals surface area contributed by atoms with Crippen LogP contribution in [-0.4, -0.2) is 17.4 Å². The second-order valence-corrected chi connectivity index (χ2v) is 4.40. The lowest BCUT2D eigenvalue weighted by Crippen LogP contribution is -2.22. The highest BCUT2D eigenvalue weighted by atomic mass is 16.1. The van der Waals surface area contributed by atoms with Crippen molar-refractivity contribution in [3.63, 3.8) is 0 Å². The van der Waals surface area contributed by atoms with Gasteiger partial charge in [0, 0.05) is 12.4 Å². The molecular weight excluding hydrogens is 238 g/mol. The van der Waals surface area contributed by atoms with Gasteiger partial charge in [0.15, 0.2) is 0 Å². The number of hydrogen-bond donors (Lipinski definition) is 2. The van der Waals surface area contributed by atoms with Crippen LogP contribution in [0.4, 0.5) is 0 Å². The van der Waals surface area contributed by atoms with Crippen molar-refractivity contribution >= 4 is 5.91 Å². The summed E-state index contributed by atoms with van der Waals surface area (Å²) in [5.41, 5.74) is 13.9. The van der Waals surface area contributed by atoms with Crippen LogP contribution in [0.1, 0.15) is 22.6 Å². The van der Waals surface area contributed by atoms with E-state index in [1.165, 1.54) is 0 Å². The van der Waals surface area contributed by atoms with E-state index in [1.807, 2.05) is 36.4 Å². The van der Waals surface area contributed by atoms with E-state index >= 15 is 0 Å². The van der Waals surface area contributed by atoms with Crippen molar-refractivity contribution in [2.75, 3.05) is 6.54 Å². The lowest BCUT2D eigenvalue weighted by molar-refractivity contribution is -0.118. The van der Waals surface area contributed by atoms with Crippen LogP contribution in [0, 0.1) is 0 Å². The molecule has 4 nitrogen and oxygen atoms in total. The van der Waals surface area contributed by atoms with Gasteiger partial charge in [0.2, 0.25) is 5.91 Å². The molecule has 2 aromatic rings. The van der Waals surface area contributed by atoms with E-state index < -0.39 is 5.92 Å². The molecule has 19 heavy (non-hydrogen) atoms. The lowest BCUT2D eigenvalue weighted by atomic mass is 9.90. The molecule has 0 aliphatic carbocycles. The van der Waals surface area contributed by atoms with Crippen molar-refractivity contribution < 1.29 is 4.79 Å². The molecule has 0 saturated carbocycles. The fourth-order valence-electron chi connectivity index (χ4n) is 2.12. The van der Waals surface area contributed by atoms with Crippen LogP contribution in [0.3, 0.4) is 0 Å². The Hall–Kier alpha value is -2.20. The molecular formula is C15H17N3O. The maximum Gasteiger partial charge on any atom is 0.229 e. The summed E-state index contributed by atoms with van der Waals surface area (Å²) in [5, 5.41) is 0. The topological polar surface area (TPSA) is 82.0 Å². The second-order valence-electron chi connectivity index (χ2n) is 4.40. The van der Waals surface area contributed by atoms with Crippen molar-refractivity contribution in [2.24, 2.45) is 11.5 Å². The Bertz CT molecular complexity index is 537. The van der Waals surface area contributed by atoms with Gasteiger partial charge in [-0.1, -0.05) is 24.3 Å². The zero-order valence-electron chi connectivity index (χ0n) is 10.6. The molecule has 0 aliphatic rings. The normalized spacial score (nSPS) is 12.1. The zero-order valence-corrected chi connectivity index (χ0v) is 10.6. The summed E-state index contributed by atoms with van der Waals surface area (Å²) in [4.78, 5) is 15.6. The smallest absolute Gasteiger partial charge is 0.229 e. The minimum Gasteiger partial charge on any atom is -0.369 e. The highest BCUT2D eigenvalue weighted by Gasteiger charge is 2.19. The zero-order chi connectivity index (χ0) is 13.7. The molecule has 0 aliphatic heterocycles. The molecule has 0 fully saturated rings. The third-order valence-electron chi connectivity index (χ3n) is 3.07. The van der Waals surface area contributed by atoms with Gasteiger partial charge in [0.25, 0.3) is 0 Å². The molecule has 1 amide bonds. The number of carbonyl (C=O) groups excluding carboxylic acids is 1. The monoisotopic (exact) mass is 255 g/mol. The number of aromatic nitrogens is 1.